The standard InChI is InChI=1S/C39H47N3O5/c1-24-15-25(2)26(3)37(16-24)47-14-13-28-7-9-30(10-8-28)35-19-31-22-41(27(4)43)23-36(40-31)38(35)39(44)42(32-11-12-32)21-29-17-33(45-5)20-34(18-29)46-6/h7-10,15-18,20,31-32,36,40H,11-14,19,21-23H2,1-6H3. The number of fused-ring (bicyclic) bond motifs is 2. The average Bonchev–Trinajstić information content (AvgIpc) is 3.91. The Balaban J connectivity index is 1.28. The predicted octanol–water partition coefficient (Wildman–Crippen LogP) is 5.79. The van der Waals surface area contributed by atoms with Crippen molar-refractivity contribution in [3.63, 3.8) is 0 Å². The third-order valence-corrected chi connectivity index (χ3v) is 9.81. The van der Waals surface area contributed by atoms with Gasteiger partial charge in [-0.3, -0.25) is 9.59 Å². The molecule has 6 rings (SSSR count). The second-order valence-corrected chi connectivity index (χ2v) is 13.3. The molecule has 47 heavy (non-hydrogen) atoms. The molecule has 1 N–H and O–H groups in total. The summed E-state index contributed by atoms with van der Waals surface area (Å²) in [5.41, 5.74) is 8.69. The Morgan fingerprint density at radius 1 is 0.915 bits per heavy atom. The molecule has 1 saturated heterocycles. The quantitative estimate of drug-likeness (QED) is 0.287. The first kappa shape index (κ1) is 32.6. The van der Waals surface area contributed by atoms with E-state index in [1.807, 2.05) is 28.0 Å². The van der Waals surface area contributed by atoms with Crippen LogP contribution in [0.3, 0.4) is 0 Å². The number of rotatable bonds is 11. The monoisotopic (exact) mass is 637 g/mol. The Bertz CT molecular complexity index is 1650. The molecule has 2 bridgehead atoms. The summed E-state index contributed by atoms with van der Waals surface area (Å²) in [6, 6.07) is 18.7. The van der Waals surface area contributed by atoms with Crippen LogP contribution < -0.4 is 19.5 Å². The number of amides is 2. The molecular weight excluding hydrogens is 590 g/mol. The first-order chi connectivity index (χ1) is 22.6. The van der Waals surface area contributed by atoms with Crippen LogP contribution in [0.4, 0.5) is 0 Å². The van der Waals surface area contributed by atoms with Crippen LogP contribution in [0, 0.1) is 20.8 Å². The third-order valence-electron chi connectivity index (χ3n) is 9.81. The summed E-state index contributed by atoms with van der Waals surface area (Å²) >= 11 is 0. The van der Waals surface area contributed by atoms with Gasteiger partial charge in [-0.1, -0.05) is 30.3 Å². The molecule has 3 aromatic rings. The number of ether oxygens (including phenoxy) is 3. The van der Waals surface area contributed by atoms with Gasteiger partial charge in [0.2, 0.25) is 5.91 Å². The lowest BCUT2D eigenvalue weighted by Gasteiger charge is -2.44. The second-order valence-electron chi connectivity index (χ2n) is 13.3. The molecular formula is C39H47N3O5. The molecule has 2 fully saturated rings. The SMILES string of the molecule is COc1cc(CN(C(=O)C2=C(c3ccc(CCOc4cc(C)cc(C)c4C)cc3)CC3CN(C(C)=O)CC2N3)C2CC2)cc(OC)c1. The van der Waals surface area contributed by atoms with Crippen molar-refractivity contribution in [1.29, 1.82) is 0 Å². The zero-order valence-electron chi connectivity index (χ0n) is 28.5. The van der Waals surface area contributed by atoms with Gasteiger partial charge < -0.3 is 29.3 Å². The van der Waals surface area contributed by atoms with E-state index < -0.39 is 0 Å². The Hall–Kier alpha value is -4.30. The highest BCUT2D eigenvalue weighted by molar-refractivity contribution is 6.03. The number of hydrogen-bond donors (Lipinski definition) is 1. The lowest BCUT2D eigenvalue weighted by Crippen LogP contribution is -2.61. The third kappa shape index (κ3) is 7.33. The number of piperazine rings is 1. The van der Waals surface area contributed by atoms with Crippen LogP contribution in [0.1, 0.15) is 59.6 Å². The Labute approximate surface area is 278 Å². The smallest absolute Gasteiger partial charge is 0.252 e. The maximum atomic E-state index is 14.7. The lowest BCUT2D eigenvalue weighted by atomic mass is 9.82. The number of nitrogens with one attached hydrogen (secondary N) is 1. The van der Waals surface area contributed by atoms with Gasteiger partial charge in [0.05, 0.1) is 26.9 Å². The van der Waals surface area contributed by atoms with Crippen molar-refractivity contribution in [1.82, 2.24) is 15.1 Å². The van der Waals surface area contributed by atoms with Gasteiger partial charge in [0.25, 0.3) is 5.91 Å². The van der Waals surface area contributed by atoms with E-state index in [1.54, 1.807) is 21.1 Å². The summed E-state index contributed by atoms with van der Waals surface area (Å²) in [7, 11) is 3.27. The molecule has 2 atom stereocenters. The van der Waals surface area contributed by atoms with Gasteiger partial charge in [-0.2, -0.15) is 0 Å². The second kappa shape index (κ2) is 13.8. The molecule has 2 unspecified atom stereocenters. The summed E-state index contributed by atoms with van der Waals surface area (Å²) in [6.45, 7) is 10.1. The van der Waals surface area contributed by atoms with Crippen LogP contribution in [0.25, 0.3) is 5.57 Å². The van der Waals surface area contributed by atoms with Crippen molar-refractivity contribution in [2.45, 2.75) is 78.0 Å². The maximum absolute atomic E-state index is 14.7. The molecule has 1 saturated carbocycles. The summed E-state index contributed by atoms with van der Waals surface area (Å²) in [5.74, 6) is 2.42. The molecule has 0 spiro atoms. The topological polar surface area (TPSA) is 80.3 Å². The Morgan fingerprint density at radius 2 is 1.62 bits per heavy atom. The predicted molar refractivity (Wildman–Crippen MR) is 184 cm³/mol. The van der Waals surface area contributed by atoms with E-state index in [0.717, 1.165) is 47.3 Å². The maximum Gasteiger partial charge on any atom is 0.252 e. The normalized spacial score (nSPS) is 19.0. The van der Waals surface area contributed by atoms with Gasteiger partial charge in [0.1, 0.15) is 17.2 Å². The molecule has 2 heterocycles. The fourth-order valence-corrected chi connectivity index (χ4v) is 6.99. The summed E-state index contributed by atoms with van der Waals surface area (Å²) in [6.07, 6.45) is 3.43. The number of aryl methyl sites for hydroxylation is 2. The Morgan fingerprint density at radius 3 is 2.26 bits per heavy atom. The summed E-state index contributed by atoms with van der Waals surface area (Å²) in [5, 5.41) is 3.69. The van der Waals surface area contributed by atoms with Crippen molar-refractivity contribution in [2.75, 3.05) is 33.9 Å². The van der Waals surface area contributed by atoms with Gasteiger partial charge in [0, 0.05) is 56.7 Å². The molecule has 248 valence electrons. The van der Waals surface area contributed by atoms with Crippen molar-refractivity contribution in [2.24, 2.45) is 0 Å². The number of nitrogens with zero attached hydrogens (tertiary/aromatic N) is 2. The van der Waals surface area contributed by atoms with Gasteiger partial charge >= 0.3 is 0 Å². The van der Waals surface area contributed by atoms with E-state index in [4.69, 9.17) is 14.2 Å². The van der Waals surface area contributed by atoms with Crippen LogP contribution in [-0.4, -0.2) is 73.7 Å². The van der Waals surface area contributed by atoms with E-state index in [9.17, 15) is 9.59 Å². The number of benzene rings is 3. The average molecular weight is 638 g/mol. The van der Waals surface area contributed by atoms with Gasteiger partial charge in [-0.05, 0) is 97.2 Å². The highest BCUT2D eigenvalue weighted by Crippen LogP contribution is 2.38. The zero-order valence-corrected chi connectivity index (χ0v) is 28.5. The minimum atomic E-state index is -0.232. The zero-order chi connectivity index (χ0) is 33.2. The molecule has 0 aromatic heterocycles. The fraction of sp³-hybridized carbons (Fsp3) is 0.436. The molecule has 3 aromatic carbocycles. The van der Waals surface area contributed by atoms with Crippen molar-refractivity contribution in [3.05, 3.63) is 93.6 Å². The van der Waals surface area contributed by atoms with Gasteiger partial charge in [-0.25, -0.2) is 0 Å². The van der Waals surface area contributed by atoms with Gasteiger partial charge in [0.15, 0.2) is 0 Å². The molecule has 2 aliphatic heterocycles. The number of hydrogen-bond acceptors (Lipinski definition) is 6. The van der Waals surface area contributed by atoms with Crippen molar-refractivity contribution < 1.29 is 23.8 Å². The first-order valence-electron chi connectivity index (χ1n) is 16.7. The summed E-state index contributed by atoms with van der Waals surface area (Å²) < 4.78 is 17.2. The fourth-order valence-electron chi connectivity index (χ4n) is 6.99. The minimum absolute atomic E-state index is 0.0342. The molecule has 1 aliphatic carbocycles. The minimum Gasteiger partial charge on any atom is -0.497 e. The largest absolute Gasteiger partial charge is 0.497 e. The number of carbonyl (C=O) groups excluding carboxylic acids is 2. The highest BCUT2D eigenvalue weighted by atomic mass is 16.5. The van der Waals surface area contributed by atoms with Crippen molar-refractivity contribution in [3.8, 4) is 17.2 Å². The van der Waals surface area contributed by atoms with Crippen LogP contribution in [-0.2, 0) is 22.6 Å². The molecule has 2 amide bonds. The van der Waals surface area contributed by atoms with E-state index >= 15 is 0 Å². The van der Waals surface area contributed by atoms with Crippen LogP contribution in [0.15, 0.2) is 60.2 Å². The van der Waals surface area contributed by atoms with Crippen LogP contribution >= 0.6 is 0 Å². The lowest BCUT2D eigenvalue weighted by molar-refractivity contribution is -0.132. The van der Waals surface area contributed by atoms with Crippen LogP contribution in [0.5, 0.6) is 17.2 Å². The Kier molecular flexibility index (Phi) is 9.60. The van der Waals surface area contributed by atoms with E-state index in [-0.39, 0.29) is 29.9 Å². The van der Waals surface area contributed by atoms with E-state index in [2.05, 4.69) is 62.5 Å². The van der Waals surface area contributed by atoms with E-state index in [1.165, 1.54) is 22.3 Å². The summed E-state index contributed by atoms with van der Waals surface area (Å²) in [4.78, 5) is 31.1. The number of methoxy groups -OCH3 is 2. The molecule has 8 nitrogen and oxygen atoms in total. The van der Waals surface area contributed by atoms with Crippen LogP contribution in [0.2, 0.25) is 0 Å². The number of carbonyl (C=O) groups is 2. The molecule has 0 radical (unpaired) electrons. The van der Waals surface area contributed by atoms with Gasteiger partial charge in [-0.15, -0.1) is 0 Å². The molecule has 8 heteroatoms. The van der Waals surface area contributed by atoms with E-state index in [0.29, 0.717) is 44.2 Å². The highest BCUT2D eigenvalue weighted by Gasteiger charge is 2.43. The first-order valence-corrected chi connectivity index (χ1v) is 16.7. The molecule has 3 aliphatic rings. The van der Waals surface area contributed by atoms with Crippen molar-refractivity contribution >= 4 is 17.4 Å².